The number of carbonyl (C=O) groups is 1. The van der Waals surface area contributed by atoms with Crippen molar-refractivity contribution in [2.45, 2.75) is 16.6 Å². The molecule has 0 heterocycles. The SMILES string of the molecule is CC(Br)C(=O)c1cccc(S)c1C#N. The van der Waals surface area contributed by atoms with Crippen LogP contribution in [0.1, 0.15) is 22.8 Å². The molecule has 0 aliphatic rings. The second-order valence-electron chi connectivity index (χ2n) is 2.79. The molecule has 1 atom stereocenters. The van der Waals surface area contributed by atoms with Crippen LogP contribution in [0, 0.1) is 11.3 Å². The normalized spacial score (nSPS) is 11.9. The van der Waals surface area contributed by atoms with Crippen LogP contribution in [0.3, 0.4) is 0 Å². The highest BCUT2D eigenvalue weighted by atomic mass is 79.9. The Kier molecular flexibility index (Phi) is 3.73. The number of hydrogen-bond donors (Lipinski definition) is 1. The number of benzene rings is 1. The minimum atomic E-state index is -0.287. The third-order valence-corrected chi connectivity index (χ3v) is 2.57. The zero-order chi connectivity index (χ0) is 10.7. The fraction of sp³-hybridized carbons (Fsp3) is 0.200. The van der Waals surface area contributed by atoms with E-state index in [1.165, 1.54) is 0 Å². The molecule has 0 aromatic heterocycles. The van der Waals surface area contributed by atoms with Crippen molar-refractivity contribution in [1.82, 2.24) is 0 Å². The van der Waals surface area contributed by atoms with Crippen molar-refractivity contribution >= 4 is 34.3 Å². The van der Waals surface area contributed by atoms with Gasteiger partial charge in [-0.3, -0.25) is 4.79 Å². The summed E-state index contributed by atoms with van der Waals surface area (Å²) in [6.45, 7) is 1.73. The summed E-state index contributed by atoms with van der Waals surface area (Å²) in [6, 6.07) is 7.02. The molecule has 14 heavy (non-hydrogen) atoms. The predicted octanol–water partition coefficient (Wildman–Crippen LogP) is 2.81. The third-order valence-electron chi connectivity index (χ3n) is 1.78. The van der Waals surface area contributed by atoms with Crippen LogP contribution < -0.4 is 0 Å². The number of hydrogen-bond acceptors (Lipinski definition) is 3. The first-order valence-electron chi connectivity index (χ1n) is 3.98. The first-order chi connectivity index (χ1) is 6.57. The van der Waals surface area contributed by atoms with Crippen LogP contribution in [0.4, 0.5) is 0 Å². The standard InChI is InChI=1S/C10H8BrNOS/c1-6(11)10(13)7-3-2-4-9(14)8(7)5-12/h2-4,6,14H,1H3. The topological polar surface area (TPSA) is 40.9 Å². The smallest absolute Gasteiger partial charge is 0.177 e. The van der Waals surface area contributed by atoms with Crippen LogP contribution in [-0.2, 0) is 0 Å². The molecule has 0 saturated carbocycles. The molecule has 1 aromatic rings. The number of alkyl halides is 1. The average molecular weight is 270 g/mol. The molecule has 1 unspecified atom stereocenters. The van der Waals surface area contributed by atoms with Gasteiger partial charge in [0.1, 0.15) is 6.07 Å². The summed E-state index contributed by atoms with van der Waals surface area (Å²) in [4.78, 5) is 11.9. The Hall–Kier alpha value is -0.790. The zero-order valence-electron chi connectivity index (χ0n) is 7.49. The van der Waals surface area contributed by atoms with E-state index >= 15 is 0 Å². The highest BCUT2D eigenvalue weighted by molar-refractivity contribution is 9.10. The van der Waals surface area contributed by atoms with Crippen LogP contribution in [-0.4, -0.2) is 10.6 Å². The van der Waals surface area contributed by atoms with Crippen LogP contribution in [0.15, 0.2) is 23.1 Å². The monoisotopic (exact) mass is 269 g/mol. The van der Waals surface area contributed by atoms with Crippen molar-refractivity contribution in [2.75, 3.05) is 0 Å². The summed E-state index contributed by atoms with van der Waals surface area (Å²) >= 11 is 7.30. The Labute approximate surface area is 96.5 Å². The quantitative estimate of drug-likeness (QED) is 0.510. The molecule has 0 saturated heterocycles. The summed E-state index contributed by atoms with van der Waals surface area (Å²) in [5.74, 6) is -0.0996. The second-order valence-corrected chi connectivity index (χ2v) is 4.65. The number of rotatable bonds is 2. The fourth-order valence-corrected chi connectivity index (χ4v) is 1.58. The Morgan fingerprint density at radius 1 is 1.64 bits per heavy atom. The number of nitriles is 1. The minimum absolute atomic E-state index is 0.0996. The number of thiol groups is 1. The van der Waals surface area contributed by atoms with Gasteiger partial charge in [0, 0.05) is 10.5 Å². The van der Waals surface area contributed by atoms with Gasteiger partial charge in [0.25, 0.3) is 0 Å². The van der Waals surface area contributed by atoms with Gasteiger partial charge in [-0.05, 0) is 19.1 Å². The maximum absolute atomic E-state index is 11.6. The highest BCUT2D eigenvalue weighted by Crippen LogP contribution is 2.20. The first-order valence-corrected chi connectivity index (χ1v) is 5.34. The summed E-state index contributed by atoms with van der Waals surface area (Å²) in [5.41, 5.74) is 0.761. The van der Waals surface area contributed by atoms with E-state index in [0.717, 1.165) is 0 Å². The molecule has 72 valence electrons. The summed E-state index contributed by atoms with van der Waals surface area (Å²) in [6.07, 6.45) is 0. The van der Waals surface area contributed by atoms with Gasteiger partial charge in [0.15, 0.2) is 5.78 Å². The molecule has 4 heteroatoms. The second kappa shape index (κ2) is 4.63. The molecule has 1 rings (SSSR count). The van der Waals surface area contributed by atoms with Crippen molar-refractivity contribution in [3.63, 3.8) is 0 Å². The van der Waals surface area contributed by atoms with Gasteiger partial charge in [-0.25, -0.2) is 0 Å². The summed E-state index contributed by atoms with van der Waals surface area (Å²) < 4.78 is 0. The van der Waals surface area contributed by atoms with Crippen LogP contribution >= 0.6 is 28.6 Å². The largest absolute Gasteiger partial charge is 0.293 e. The Morgan fingerprint density at radius 2 is 2.29 bits per heavy atom. The fourth-order valence-electron chi connectivity index (χ4n) is 1.08. The van der Waals surface area contributed by atoms with E-state index in [0.29, 0.717) is 16.0 Å². The van der Waals surface area contributed by atoms with Crippen molar-refractivity contribution in [3.8, 4) is 6.07 Å². The van der Waals surface area contributed by atoms with Gasteiger partial charge in [-0.1, -0.05) is 22.0 Å². The van der Waals surface area contributed by atoms with Crippen LogP contribution in [0.25, 0.3) is 0 Å². The van der Waals surface area contributed by atoms with Gasteiger partial charge in [-0.15, -0.1) is 12.6 Å². The Morgan fingerprint density at radius 3 is 2.79 bits per heavy atom. The Bertz CT molecular complexity index is 409. The molecule has 0 fully saturated rings. The van der Waals surface area contributed by atoms with Gasteiger partial charge in [-0.2, -0.15) is 5.26 Å². The highest BCUT2D eigenvalue weighted by Gasteiger charge is 2.16. The molecule has 0 bridgehead atoms. The lowest BCUT2D eigenvalue weighted by atomic mass is 10.0. The maximum Gasteiger partial charge on any atom is 0.177 e. The zero-order valence-corrected chi connectivity index (χ0v) is 9.97. The first kappa shape index (κ1) is 11.3. The molecule has 0 aliphatic heterocycles. The molecule has 2 nitrogen and oxygen atoms in total. The van der Waals surface area contributed by atoms with Gasteiger partial charge >= 0.3 is 0 Å². The predicted molar refractivity (Wildman–Crippen MR) is 61.1 cm³/mol. The lowest BCUT2D eigenvalue weighted by Gasteiger charge is -2.06. The van der Waals surface area contributed by atoms with Crippen molar-refractivity contribution in [2.24, 2.45) is 0 Å². The van der Waals surface area contributed by atoms with Crippen LogP contribution in [0.5, 0.6) is 0 Å². The van der Waals surface area contributed by atoms with E-state index in [1.807, 2.05) is 6.07 Å². The van der Waals surface area contributed by atoms with Gasteiger partial charge in [0.2, 0.25) is 0 Å². The van der Waals surface area contributed by atoms with Crippen molar-refractivity contribution < 1.29 is 4.79 Å². The molecule has 0 spiro atoms. The number of nitrogens with zero attached hydrogens (tertiary/aromatic N) is 1. The van der Waals surface area contributed by atoms with Gasteiger partial charge < -0.3 is 0 Å². The Balaban J connectivity index is 3.29. The van der Waals surface area contributed by atoms with E-state index in [2.05, 4.69) is 28.6 Å². The van der Waals surface area contributed by atoms with E-state index in [9.17, 15) is 4.79 Å². The molecular weight excluding hydrogens is 262 g/mol. The molecule has 0 N–H and O–H groups in total. The van der Waals surface area contributed by atoms with E-state index in [-0.39, 0.29) is 10.6 Å². The lowest BCUT2D eigenvalue weighted by molar-refractivity contribution is 0.0995. The molecular formula is C10H8BrNOS. The van der Waals surface area contributed by atoms with Crippen LogP contribution in [0.2, 0.25) is 0 Å². The minimum Gasteiger partial charge on any atom is -0.293 e. The molecule has 0 amide bonds. The van der Waals surface area contributed by atoms with Crippen molar-refractivity contribution in [3.05, 3.63) is 29.3 Å². The molecule has 0 aliphatic carbocycles. The molecule has 0 radical (unpaired) electrons. The summed E-state index contributed by atoms with van der Waals surface area (Å²) in [5, 5.41) is 8.86. The van der Waals surface area contributed by atoms with Gasteiger partial charge in [0.05, 0.1) is 10.4 Å². The molecule has 1 aromatic carbocycles. The number of ketones is 1. The van der Waals surface area contributed by atoms with E-state index < -0.39 is 0 Å². The average Bonchev–Trinajstić information content (AvgIpc) is 2.16. The maximum atomic E-state index is 11.6. The third kappa shape index (κ3) is 2.17. The summed E-state index contributed by atoms with van der Waals surface area (Å²) in [7, 11) is 0. The van der Waals surface area contributed by atoms with Crippen molar-refractivity contribution in [1.29, 1.82) is 5.26 Å². The van der Waals surface area contributed by atoms with E-state index in [4.69, 9.17) is 5.26 Å². The van der Waals surface area contributed by atoms with E-state index in [1.54, 1.807) is 25.1 Å². The lowest BCUT2D eigenvalue weighted by Crippen LogP contribution is -2.11. The number of halogens is 1. The number of carbonyl (C=O) groups excluding carboxylic acids is 1. The number of Topliss-reactive ketones (excluding diaryl/α,β-unsaturated/α-hetero) is 1.